The van der Waals surface area contributed by atoms with Gasteiger partial charge in [0.1, 0.15) is 0 Å². The van der Waals surface area contributed by atoms with E-state index < -0.39 is 0 Å². The molecule has 0 bridgehead atoms. The number of methoxy groups -OCH3 is 1. The van der Waals surface area contributed by atoms with Crippen molar-refractivity contribution in [2.24, 2.45) is 11.7 Å². The Morgan fingerprint density at radius 3 is 2.50 bits per heavy atom. The van der Waals surface area contributed by atoms with Crippen molar-refractivity contribution >= 4 is 0 Å². The van der Waals surface area contributed by atoms with Gasteiger partial charge in [0.25, 0.3) is 0 Å². The first-order valence-corrected chi connectivity index (χ1v) is 6.65. The van der Waals surface area contributed by atoms with E-state index in [9.17, 15) is 0 Å². The molecule has 0 spiro atoms. The Bertz CT molecular complexity index is 169. The van der Waals surface area contributed by atoms with Gasteiger partial charge in [0.05, 0.1) is 18.8 Å². The smallest absolute Gasteiger partial charge is 0.0772 e. The Hall–Kier alpha value is -0.120. The van der Waals surface area contributed by atoms with E-state index in [-0.39, 0.29) is 12.1 Å². The molecular weight excluding hydrogens is 202 g/mol. The Morgan fingerprint density at radius 1 is 1.25 bits per heavy atom. The molecule has 0 radical (unpaired) electrons. The molecule has 0 heterocycles. The van der Waals surface area contributed by atoms with Crippen molar-refractivity contribution in [3.8, 4) is 0 Å². The van der Waals surface area contributed by atoms with E-state index >= 15 is 0 Å². The quantitative estimate of drug-likeness (QED) is 0.681. The molecule has 0 aromatic heterocycles. The van der Waals surface area contributed by atoms with Gasteiger partial charge in [-0.1, -0.05) is 26.2 Å². The molecular formula is C13H27NO2. The van der Waals surface area contributed by atoms with E-state index in [0.29, 0.717) is 12.5 Å². The molecule has 96 valence electrons. The molecule has 0 aromatic carbocycles. The molecule has 0 aliphatic heterocycles. The largest absolute Gasteiger partial charge is 0.380 e. The SMILES string of the molecule is CCCOCC(N)C(OC)C1CCCCC1. The standard InChI is InChI=1S/C13H27NO2/c1-3-9-16-10-12(14)13(15-2)11-7-5-4-6-8-11/h11-13H,3-10,14H2,1-2H3. The van der Waals surface area contributed by atoms with E-state index in [1.165, 1.54) is 32.1 Å². The predicted molar refractivity (Wildman–Crippen MR) is 66.5 cm³/mol. The molecule has 16 heavy (non-hydrogen) atoms. The minimum Gasteiger partial charge on any atom is -0.380 e. The van der Waals surface area contributed by atoms with Crippen molar-refractivity contribution < 1.29 is 9.47 Å². The van der Waals surface area contributed by atoms with Crippen LogP contribution >= 0.6 is 0 Å². The van der Waals surface area contributed by atoms with Crippen molar-refractivity contribution in [1.82, 2.24) is 0 Å². The van der Waals surface area contributed by atoms with Crippen LogP contribution < -0.4 is 5.73 Å². The molecule has 1 aliphatic carbocycles. The second-order valence-corrected chi connectivity index (χ2v) is 4.84. The third-order valence-electron chi connectivity index (χ3n) is 3.47. The Balaban J connectivity index is 2.32. The Kier molecular flexibility index (Phi) is 7.01. The maximum absolute atomic E-state index is 6.15. The van der Waals surface area contributed by atoms with Gasteiger partial charge in [-0.2, -0.15) is 0 Å². The number of hydrogen-bond acceptors (Lipinski definition) is 3. The molecule has 1 fully saturated rings. The first kappa shape index (κ1) is 13.9. The zero-order valence-corrected chi connectivity index (χ0v) is 10.8. The molecule has 2 N–H and O–H groups in total. The van der Waals surface area contributed by atoms with Crippen LogP contribution in [-0.4, -0.2) is 32.5 Å². The predicted octanol–water partition coefficient (Wildman–Crippen LogP) is 2.34. The van der Waals surface area contributed by atoms with Crippen molar-refractivity contribution in [2.75, 3.05) is 20.3 Å². The minimum absolute atomic E-state index is 0.0275. The number of ether oxygens (including phenoxy) is 2. The van der Waals surface area contributed by atoms with Gasteiger partial charge >= 0.3 is 0 Å². The molecule has 1 rings (SSSR count). The third-order valence-corrected chi connectivity index (χ3v) is 3.47. The first-order chi connectivity index (χ1) is 7.79. The average Bonchev–Trinajstić information content (AvgIpc) is 2.32. The molecule has 2 atom stereocenters. The topological polar surface area (TPSA) is 44.5 Å². The first-order valence-electron chi connectivity index (χ1n) is 6.65. The summed E-state index contributed by atoms with van der Waals surface area (Å²) in [5.41, 5.74) is 6.15. The van der Waals surface area contributed by atoms with Crippen LogP contribution in [0.3, 0.4) is 0 Å². The lowest BCUT2D eigenvalue weighted by atomic mass is 9.83. The van der Waals surface area contributed by atoms with Crippen LogP contribution in [0.2, 0.25) is 0 Å². The summed E-state index contributed by atoms with van der Waals surface area (Å²) in [6, 6.07) is 0.0275. The van der Waals surface area contributed by atoms with Crippen molar-refractivity contribution in [1.29, 1.82) is 0 Å². The second kappa shape index (κ2) is 8.04. The summed E-state index contributed by atoms with van der Waals surface area (Å²) in [5.74, 6) is 0.638. The fourth-order valence-corrected chi connectivity index (χ4v) is 2.64. The van der Waals surface area contributed by atoms with E-state index in [4.69, 9.17) is 15.2 Å². The van der Waals surface area contributed by atoms with E-state index in [1.54, 1.807) is 7.11 Å². The van der Waals surface area contributed by atoms with Gasteiger partial charge < -0.3 is 15.2 Å². The summed E-state index contributed by atoms with van der Waals surface area (Å²) < 4.78 is 11.1. The van der Waals surface area contributed by atoms with Gasteiger partial charge in [0.2, 0.25) is 0 Å². The average molecular weight is 229 g/mol. The Morgan fingerprint density at radius 2 is 1.94 bits per heavy atom. The lowest BCUT2D eigenvalue weighted by molar-refractivity contribution is -0.00932. The zero-order chi connectivity index (χ0) is 11.8. The van der Waals surface area contributed by atoms with E-state index in [0.717, 1.165) is 13.0 Å². The van der Waals surface area contributed by atoms with Gasteiger partial charge in [-0.3, -0.25) is 0 Å². The summed E-state index contributed by atoms with van der Waals surface area (Å²) in [5, 5.41) is 0. The molecule has 0 aromatic rings. The van der Waals surface area contributed by atoms with Crippen LogP contribution in [0, 0.1) is 5.92 Å². The number of rotatable bonds is 7. The molecule has 1 saturated carbocycles. The van der Waals surface area contributed by atoms with Crippen LogP contribution in [0.1, 0.15) is 45.4 Å². The maximum Gasteiger partial charge on any atom is 0.0772 e. The highest BCUT2D eigenvalue weighted by molar-refractivity contribution is 4.82. The van der Waals surface area contributed by atoms with Crippen molar-refractivity contribution in [3.63, 3.8) is 0 Å². The van der Waals surface area contributed by atoms with Crippen LogP contribution in [0.15, 0.2) is 0 Å². The molecule has 0 saturated heterocycles. The summed E-state index contributed by atoms with van der Waals surface area (Å²) in [4.78, 5) is 0. The summed E-state index contributed by atoms with van der Waals surface area (Å²) in [7, 11) is 1.78. The third kappa shape index (κ3) is 4.40. The molecule has 0 amide bonds. The van der Waals surface area contributed by atoms with Gasteiger partial charge in [-0.15, -0.1) is 0 Å². The maximum atomic E-state index is 6.15. The van der Waals surface area contributed by atoms with E-state index in [2.05, 4.69) is 6.92 Å². The van der Waals surface area contributed by atoms with Crippen molar-refractivity contribution in [3.05, 3.63) is 0 Å². The van der Waals surface area contributed by atoms with Crippen LogP contribution in [0.5, 0.6) is 0 Å². The molecule has 2 unspecified atom stereocenters. The van der Waals surface area contributed by atoms with E-state index in [1.807, 2.05) is 0 Å². The molecule has 1 aliphatic rings. The minimum atomic E-state index is 0.0275. The highest BCUT2D eigenvalue weighted by Gasteiger charge is 2.28. The van der Waals surface area contributed by atoms with Crippen molar-refractivity contribution in [2.45, 2.75) is 57.6 Å². The highest BCUT2D eigenvalue weighted by Crippen LogP contribution is 2.28. The van der Waals surface area contributed by atoms with Crippen LogP contribution in [0.4, 0.5) is 0 Å². The fraction of sp³-hybridized carbons (Fsp3) is 1.00. The number of nitrogens with two attached hydrogens (primary N) is 1. The van der Waals surface area contributed by atoms with Gasteiger partial charge in [-0.05, 0) is 25.2 Å². The number of hydrogen-bond donors (Lipinski definition) is 1. The molecule has 3 heteroatoms. The van der Waals surface area contributed by atoms with Gasteiger partial charge in [-0.25, -0.2) is 0 Å². The summed E-state index contributed by atoms with van der Waals surface area (Å²) in [6.45, 7) is 3.54. The lowest BCUT2D eigenvalue weighted by Crippen LogP contribution is -2.45. The zero-order valence-electron chi connectivity index (χ0n) is 10.8. The van der Waals surface area contributed by atoms with Gasteiger partial charge in [0.15, 0.2) is 0 Å². The lowest BCUT2D eigenvalue weighted by Gasteiger charge is -2.33. The van der Waals surface area contributed by atoms with Gasteiger partial charge in [0, 0.05) is 13.7 Å². The summed E-state index contributed by atoms with van der Waals surface area (Å²) >= 11 is 0. The van der Waals surface area contributed by atoms with Crippen LogP contribution in [0.25, 0.3) is 0 Å². The Labute approximate surface area is 99.7 Å². The fourth-order valence-electron chi connectivity index (χ4n) is 2.64. The summed E-state index contributed by atoms with van der Waals surface area (Å²) in [6.07, 6.45) is 7.78. The monoisotopic (exact) mass is 229 g/mol. The van der Waals surface area contributed by atoms with Crippen LogP contribution in [-0.2, 0) is 9.47 Å². The second-order valence-electron chi connectivity index (χ2n) is 4.84. The molecule has 3 nitrogen and oxygen atoms in total. The highest BCUT2D eigenvalue weighted by atomic mass is 16.5. The normalized spacial score (nSPS) is 21.9.